The minimum absolute atomic E-state index is 0.276. The third-order valence-corrected chi connectivity index (χ3v) is 6.27. The molecule has 1 aliphatic heterocycles. The number of nitrogens with zero attached hydrogens (tertiary/aromatic N) is 7. The molecule has 1 saturated heterocycles. The molecule has 1 unspecified atom stereocenters. The van der Waals surface area contributed by atoms with Gasteiger partial charge in [0.05, 0.1) is 18.4 Å². The minimum atomic E-state index is -0.442. The van der Waals surface area contributed by atoms with Crippen LogP contribution in [0.2, 0.25) is 0 Å². The van der Waals surface area contributed by atoms with Gasteiger partial charge < -0.3 is 4.90 Å². The highest BCUT2D eigenvalue weighted by Crippen LogP contribution is 2.37. The topological polar surface area (TPSA) is 64.1 Å². The van der Waals surface area contributed by atoms with Crippen molar-refractivity contribution in [1.29, 1.82) is 0 Å². The molecular weight excluding hydrogens is 436 g/mol. The molecule has 7 nitrogen and oxygen atoms in total. The zero-order chi connectivity index (χ0) is 23.2. The van der Waals surface area contributed by atoms with Crippen molar-refractivity contribution in [2.24, 2.45) is 0 Å². The van der Waals surface area contributed by atoms with E-state index in [2.05, 4.69) is 15.2 Å². The predicted molar refractivity (Wildman–Crippen MR) is 124 cm³/mol. The second-order valence-electron chi connectivity index (χ2n) is 8.46. The Morgan fingerprint density at radius 1 is 0.971 bits per heavy atom. The van der Waals surface area contributed by atoms with Gasteiger partial charge in [-0.3, -0.25) is 4.98 Å². The van der Waals surface area contributed by atoms with Crippen molar-refractivity contribution in [3.8, 4) is 16.8 Å². The fourth-order valence-corrected chi connectivity index (χ4v) is 4.55. The Balaban J connectivity index is 1.37. The largest absolute Gasteiger partial charge is 0.349 e. The highest BCUT2D eigenvalue weighted by molar-refractivity contribution is 5.65. The average Bonchev–Trinajstić information content (AvgIpc) is 3.60. The first-order chi connectivity index (χ1) is 16.6. The van der Waals surface area contributed by atoms with Crippen molar-refractivity contribution in [3.05, 3.63) is 90.3 Å². The van der Waals surface area contributed by atoms with Crippen molar-refractivity contribution >= 4 is 11.5 Å². The molecule has 0 saturated carbocycles. The van der Waals surface area contributed by atoms with Gasteiger partial charge in [0.1, 0.15) is 23.1 Å². The molecule has 0 radical (unpaired) electrons. The summed E-state index contributed by atoms with van der Waals surface area (Å²) in [5, 5.41) is 8.92. The summed E-state index contributed by atoms with van der Waals surface area (Å²) < 4.78 is 31.8. The van der Waals surface area contributed by atoms with Crippen molar-refractivity contribution in [1.82, 2.24) is 29.4 Å². The Bertz CT molecular complexity index is 1490. The lowest BCUT2D eigenvalue weighted by molar-refractivity contribution is 0.560. The van der Waals surface area contributed by atoms with E-state index < -0.39 is 11.6 Å². The van der Waals surface area contributed by atoms with Crippen LogP contribution in [0.25, 0.3) is 22.5 Å². The van der Waals surface area contributed by atoms with E-state index in [0.29, 0.717) is 23.6 Å². The molecule has 1 atom stereocenters. The van der Waals surface area contributed by atoms with Gasteiger partial charge in [0, 0.05) is 47.5 Å². The van der Waals surface area contributed by atoms with Gasteiger partial charge in [-0.15, -0.1) is 0 Å². The van der Waals surface area contributed by atoms with Crippen molar-refractivity contribution in [2.75, 3.05) is 11.4 Å². The molecule has 1 aromatic carbocycles. The minimum Gasteiger partial charge on any atom is -0.349 e. The Morgan fingerprint density at radius 3 is 2.74 bits per heavy atom. The number of aromatic nitrogens is 6. The maximum atomic E-state index is 14.5. The average molecular weight is 457 g/mol. The van der Waals surface area contributed by atoms with Crippen LogP contribution in [0.4, 0.5) is 14.6 Å². The standard InChI is InChI=1S/C25H21F2N7/c1-16-4-5-17(12-28-16)18-13-29-34(15-18)23-14-30-33-10-8-24(31-25(23)33)32-9-2-3-22(32)20-11-19(26)6-7-21(20)27/h4-8,10-15,22H,2-3,9H2,1H3. The predicted octanol–water partition coefficient (Wildman–Crippen LogP) is 4.91. The van der Waals surface area contributed by atoms with Crippen LogP contribution in [-0.4, -0.2) is 35.9 Å². The van der Waals surface area contributed by atoms with E-state index in [1.165, 1.54) is 12.1 Å². The second-order valence-corrected chi connectivity index (χ2v) is 8.46. The molecule has 34 heavy (non-hydrogen) atoms. The monoisotopic (exact) mass is 457 g/mol. The van der Waals surface area contributed by atoms with E-state index in [9.17, 15) is 8.78 Å². The molecule has 170 valence electrons. The van der Waals surface area contributed by atoms with Gasteiger partial charge in [-0.05, 0) is 50.1 Å². The number of hydrogen-bond acceptors (Lipinski definition) is 5. The van der Waals surface area contributed by atoms with Crippen LogP contribution in [0.5, 0.6) is 0 Å². The maximum Gasteiger partial charge on any atom is 0.183 e. The zero-order valence-corrected chi connectivity index (χ0v) is 18.4. The van der Waals surface area contributed by atoms with Crippen molar-refractivity contribution in [3.63, 3.8) is 0 Å². The van der Waals surface area contributed by atoms with Crippen LogP contribution in [0.15, 0.2) is 67.4 Å². The summed E-state index contributed by atoms with van der Waals surface area (Å²) in [5.74, 6) is -0.155. The number of rotatable bonds is 4. The van der Waals surface area contributed by atoms with Crippen LogP contribution >= 0.6 is 0 Å². The number of fused-ring (bicyclic) bond motifs is 1. The van der Waals surface area contributed by atoms with E-state index in [1.54, 1.807) is 21.6 Å². The number of benzene rings is 1. The molecular formula is C25H21F2N7. The summed E-state index contributed by atoms with van der Waals surface area (Å²) in [7, 11) is 0. The molecule has 0 spiro atoms. The lowest BCUT2D eigenvalue weighted by Crippen LogP contribution is -2.24. The molecule has 0 aliphatic carbocycles. The second kappa shape index (κ2) is 8.02. The van der Waals surface area contributed by atoms with E-state index in [1.807, 2.05) is 48.6 Å². The van der Waals surface area contributed by atoms with E-state index in [4.69, 9.17) is 4.98 Å². The third kappa shape index (κ3) is 3.49. The highest BCUT2D eigenvalue weighted by Gasteiger charge is 2.30. The fraction of sp³-hybridized carbons (Fsp3) is 0.200. The first-order valence-electron chi connectivity index (χ1n) is 11.1. The Kier molecular flexibility index (Phi) is 4.83. The SMILES string of the molecule is Cc1ccc(-c2cnn(-c3cnn4ccc(N5CCCC5c5cc(F)ccc5F)nc34)c2)cn1. The van der Waals surface area contributed by atoms with Crippen LogP contribution in [0, 0.1) is 18.6 Å². The molecule has 5 heterocycles. The summed E-state index contributed by atoms with van der Waals surface area (Å²) in [6.07, 6.45) is 10.7. The Labute approximate surface area is 194 Å². The summed E-state index contributed by atoms with van der Waals surface area (Å²) in [5.41, 5.74) is 4.56. The molecule has 1 aliphatic rings. The zero-order valence-electron chi connectivity index (χ0n) is 18.4. The lowest BCUT2D eigenvalue weighted by Gasteiger charge is -2.26. The van der Waals surface area contributed by atoms with Gasteiger partial charge in [0.25, 0.3) is 0 Å². The van der Waals surface area contributed by atoms with E-state index in [-0.39, 0.29) is 6.04 Å². The van der Waals surface area contributed by atoms with Crippen molar-refractivity contribution in [2.45, 2.75) is 25.8 Å². The summed E-state index contributed by atoms with van der Waals surface area (Å²) in [6.45, 7) is 2.66. The van der Waals surface area contributed by atoms with Crippen molar-refractivity contribution < 1.29 is 8.78 Å². The Hall–Kier alpha value is -4.14. The van der Waals surface area contributed by atoms with Crippen LogP contribution in [0.1, 0.15) is 30.1 Å². The summed E-state index contributed by atoms with van der Waals surface area (Å²) in [6, 6.07) is 9.16. The first kappa shape index (κ1) is 20.5. The molecule has 5 aromatic rings. The molecule has 0 N–H and O–H groups in total. The number of halogens is 2. The fourth-order valence-electron chi connectivity index (χ4n) is 4.55. The Morgan fingerprint density at radius 2 is 1.88 bits per heavy atom. The maximum absolute atomic E-state index is 14.5. The van der Waals surface area contributed by atoms with Crippen LogP contribution in [-0.2, 0) is 0 Å². The molecule has 0 amide bonds. The molecule has 9 heteroatoms. The van der Waals surface area contributed by atoms with Gasteiger partial charge in [-0.1, -0.05) is 6.07 Å². The summed E-state index contributed by atoms with van der Waals surface area (Å²) >= 11 is 0. The third-order valence-electron chi connectivity index (χ3n) is 6.27. The van der Waals surface area contributed by atoms with Gasteiger partial charge in [-0.25, -0.2) is 23.0 Å². The summed E-state index contributed by atoms with van der Waals surface area (Å²) in [4.78, 5) is 11.2. The van der Waals surface area contributed by atoms with Crippen LogP contribution < -0.4 is 4.90 Å². The smallest absolute Gasteiger partial charge is 0.183 e. The van der Waals surface area contributed by atoms with E-state index >= 15 is 0 Å². The number of hydrogen-bond donors (Lipinski definition) is 0. The lowest BCUT2D eigenvalue weighted by atomic mass is 10.0. The van der Waals surface area contributed by atoms with E-state index in [0.717, 1.165) is 41.4 Å². The normalized spacial score (nSPS) is 16.0. The molecule has 6 rings (SSSR count). The van der Waals surface area contributed by atoms with Gasteiger partial charge in [0.15, 0.2) is 5.65 Å². The number of anilines is 1. The van der Waals surface area contributed by atoms with Crippen LogP contribution in [0.3, 0.4) is 0 Å². The number of pyridine rings is 1. The van der Waals surface area contributed by atoms with Gasteiger partial charge in [0.2, 0.25) is 0 Å². The molecule has 4 aromatic heterocycles. The number of aryl methyl sites for hydroxylation is 1. The van der Waals surface area contributed by atoms with Gasteiger partial charge >= 0.3 is 0 Å². The molecule has 1 fully saturated rings. The highest BCUT2D eigenvalue weighted by atomic mass is 19.1. The molecule has 0 bridgehead atoms. The van der Waals surface area contributed by atoms with Gasteiger partial charge in [-0.2, -0.15) is 10.2 Å². The first-order valence-corrected chi connectivity index (χ1v) is 11.1. The quantitative estimate of drug-likeness (QED) is 0.384.